The van der Waals surface area contributed by atoms with Crippen LogP contribution in [-0.4, -0.2) is 22.8 Å². The fourth-order valence-corrected chi connectivity index (χ4v) is 2.90. The molecule has 0 bridgehead atoms. The zero-order valence-corrected chi connectivity index (χ0v) is 14.8. The Kier molecular flexibility index (Phi) is 6.67. The number of hydrogen-bond donors (Lipinski definition) is 2. The van der Waals surface area contributed by atoms with E-state index in [1.165, 1.54) is 4.90 Å². The van der Waals surface area contributed by atoms with Crippen LogP contribution >= 0.6 is 11.8 Å². The maximum atomic E-state index is 11.8. The van der Waals surface area contributed by atoms with Gasteiger partial charge in [-0.2, -0.15) is 0 Å². The first-order valence-corrected chi connectivity index (χ1v) is 9.94. The second-order valence-corrected chi connectivity index (χ2v) is 7.24. The third-order valence-corrected chi connectivity index (χ3v) is 5.00. The van der Waals surface area contributed by atoms with Crippen LogP contribution in [0.3, 0.4) is 0 Å². The van der Waals surface area contributed by atoms with Gasteiger partial charge in [-0.25, -0.2) is 4.79 Å². The smallest absolute Gasteiger partial charge is 0.315 e. The molecule has 2 aromatic rings. The molecule has 122 valence electrons. The monoisotopic (exact) mass is 348 g/mol. The largest absolute Gasteiger partial charge is 0.334 e. The van der Waals surface area contributed by atoms with E-state index in [0.717, 1.165) is 16.0 Å². The Bertz CT molecular complexity index is 670. The summed E-state index contributed by atoms with van der Waals surface area (Å²) >= 11 is 1.69. The van der Waals surface area contributed by atoms with Crippen LogP contribution in [0.4, 0.5) is 4.79 Å². The van der Waals surface area contributed by atoms with Crippen molar-refractivity contribution >= 4 is 28.6 Å². The van der Waals surface area contributed by atoms with Gasteiger partial charge < -0.3 is 10.6 Å². The van der Waals surface area contributed by atoms with E-state index < -0.39 is 10.8 Å². The zero-order chi connectivity index (χ0) is 16.7. The lowest BCUT2D eigenvalue weighted by Gasteiger charge is -2.08. The van der Waals surface area contributed by atoms with E-state index in [9.17, 15) is 9.00 Å². The standard InChI is InChI=1S/C17H20N2O2S2/c1-22-15-7-3-13(4-8-15)11-18-17(20)19-12-14-5-9-16(10-6-14)23(2)21/h3-10H,11-12H2,1-2H3,(H2,18,19,20)/t23-/m0/s1. The minimum absolute atomic E-state index is 0.206. The Morgan fingerprint density at radius 1 is 0.957 bits per heavy atom. The fourth-order valence-electron chi connectivity index (χ4n) is 1.97. The third kappa shape index (κ3) is 5.73. The van der Waals surface area contributed by atoms with Crippen molar-refractivity contribution in [1.29, 1.82) is 0 Å². The molecule has 1 atom stereocenters. The van der Waals surface area contributed by atoms with Crippen molar-refractivity contribution in [3.63, 3.8) is 0 Å². The SMILES string of the molecule is CSc1ccc(CNC(=O)NCc2ccc([S@](C)=O)cc2)cc1. The Hall–Kier alpha value is -1.79. The lowest BCUT2D eigenvalue weighted by atomic mass is 10.2. The summed E-state index contributed by atoms with van der Waals surface area (Å²) in [5.74, 6) is 0. The van der Waals surface area contributed by atoms with E-state index in [1.54, 1.807) is 18.0 Å². The van der Waals surface area contributed by atoms with E-state index in [-0.39, 0.29) is 6.03 Å². The van der Waals surface area contributed by atoms with Gasteiger partial charge in [-0.15, -0.1) is 11.8 Å². The van der Waals surface area contributed by atoms with Crippen molar-refractivity contribution in [1.82, 2.24) is 10.6 Å². The summed E-state index contributed by atoms with van der Waals surface area (Å²) in [6.45, 7) is 0.933. The predicted molar refractivity (Wildman–Crippen MR) is 96.1 cm³/mol. The second kappa shape index (κ2) is 8.74. The average molecular weight is 348 g/mol. The zero-order valence-electron chi connectivity index (χ0n) is 13.2. The van der Waals surface area contributed by atoms with Crippen molar-refractivity contribution in [2.24, 2.45) is 0 Å². The van der Waals surface area contributed by atoms with Gasteiger partial charge in [-0.05, 0) is 41.6 Å². The molecule has 6 heteroatoms. The number of amides is 2. The van der Waals surface area contributed by atoms with Gasteiger partial charge in [0.25, 0.3) is 0 Å². The molecule has 0 aliphatic carbocycles. The van der Waals surface area contributed by atoms with Crippen LogP contribution in [-0.2, 0) is 23.9 Å². The van der Waals surface area contributed by atoms with Crippen LogP contribution in [0.2, 0.25) is 0 Å². The van der Waals surface area contributed by atoms with Crippen molar-refractivity contribution in [2.45, 2.75) is 22.9 Å². The molecule has 0 heterocycles. The molecule has 23 heavy (non-hydrogen) atoms. The van der Waals surface area contributed by atoms with Gasteiger partial charge in [-0.3, -0.25) is 4.21 Å². The van der Waals surface area contributed by atoms with Gasteiger partial charge >= 0.3 is 6.03 Å². The van der Waals surface area contributed by atoms with E-state index in [2.05, 4.69) is 10.6 Å². The molecule has 2 N–H and O–H groups in total. The molecule has 0 aliphatic heterocycles. The van der Waals surface area contributed by atoms with Crippen LogP contribution < -0.4 is 10.6 Å². The minimum Gasteiger partial charge on any atom is -0.334 e. The summed E-state index contributed by atoms with van der Waals surface area (Å²) in [6, 6.07) is 15.3. The average Bonchev–Trinajstić information content (AvgIpc) is 2.59. The quantitative estimate of drug-likeness (QED) is 0.789. The van der Waals surface area contributed by atoms with Crippen LogP contribution in [0.15, 0.2) is 58.3 Å². The van der Waals surface area contributed by atoms with Gasteiger partial charge in [-0.1, -0.05) is 24.3 Å². The molecule has 0 saturated heterocycles. The van der Waals surface area contributed by atoms with Gasteiger partial charge in [0.2, 0.25) is 0 Å². The summed E-state index contributed by atoms with van der Waals surface area (Å²) in [4.78, 5) is 13.8. The first kappa shape index (κ1) is 17.6. The lowest BCUT2D eigenvalue weighted by Crippen LogP contribution is -2.34. The molecule has 0 spiro atoms. The normalized spacial score (nSPS) is 11.7. The fraction of sp³-hybridized carbons (Fsp3) is 0.235. The highest BCUT2D eigenvalue weighted by Gasteiger charge is 2.02. The highest BCUT2D eigenvalue weighted by atomic mass is 32.2. The molecule has 0 aromatic heterocycles. The molecule has 0 radical (unpaired) electrons. The predicted octanol–water partition coefficient (Wildman–Crippen LogP) is 3.15. The first-order valence-electron chi connectivity index (χ1n) is 7.15. The molecule has 2 amide bonds. The Balaban J connectivity index is 1.77. The van der Waals surface area contributed by atoms with Gasteiger partial charge in [0.15, 0.2) is 0 Å². The number of rotatable bonds is 6. The third-order valence-electron chi connectivity index (χ3n) is 3.32. The van der Waals surface area contributed by atoms with Gasteiger partial charge in [0.1, 0.15) is 0 Å². The highest BCUT2D eigenvalue weighted by Crippen LogP contribution is 2.14. The Morgan fingerprint density at radius 2 is 1.43 bits per heavy atom. The van der Waals surface area contributed by atoms with Crippen molar-refractivity contribution in [3.05, 3.63) is 59.7 Å². The number of nitrogens with one attached hydrogen (secondary N) is 2. The molecule has 0 fully saturated rings. The molecule has 2 rings (SSSR count). The Morgan fingerprint density at radius 3 is 1.87 bits per heavy atom. The number of benzene rings is 2. The lowest BCUT2D eigenvalue weighted by molar-refractivity contribution is 0.240. The van der Waals surface area contributed by atoms with E-state index in [1.807, 2.05) is 54.8 Å². The molecular weight excluding hydrogens is 328 g/mol. The molecule has 0 unspecified atom stereocenters. The molecule has 0 saturated carbocycles. The highest BCUT2D eigenvalue weighted by molar-refractivity contribution is 7.98. The molecule has 4 nitrogen and oxygen atoms in total. The number of urea groups is 1. The topological polar surface area (TPSA) is 58.2 Å². The van der Waals surface area contributed by atoms with E-state index >= 15 is 0 Å². The number of hydrogen-bond acceptors (Lipinski definition) is 3. The maximum Gasteiger partial charge on any atom is 0.315 e. The summed E-state index contributed by atoms with van der Waals surface area (Å²) in [5, 5.41) is 5.64. The summed E-state index contributed by atoms with van der Waals surface area (Å²) < 4.78 is 11.3. The van der Waals surface area contributed by atoms with Gasteiger partial charge in [0, 0.05) is 39.9 Å². The summed E-state index contributed by atoms with van der Waals surface area (Å²) in [5.41, 5.74) is 2.03. The van der Waals surface area contributed by atoms with Crippen LogP contribution in [0.5, 0.6) is 0 Å². The summed E-state index contributed by atoms with van der Waals surface area (Å²) in [6.07, 6.45) is 3.68. The maximum absolute atomic E-state index is 11.8. The Labute approximate surface area is 143 Å². The van der Waals surface area contributed by atoms with Gasteiger partial charge in [0.05, 0.1) is 0 Å². The number of carbonyl (C=O) groups excluding carboxylic acids is 1. The minimum atomic E-state index is -0.978. The molecule has 2 aromatic carbocycles. The first-order chi connectivity index (χ1) is 11.1. The second-order valence-electron chi connectivity index (χ2n) is 4.98. The van der Waals surface area contributed by atoms with Crippen molar-refractivity contribution in [2.75, 3.05) is 12.5 Å². The molecule has 0 aliphatic rings. The summed E-state index contributed by atoms with van der Waals surface area (Å²) in [7, 11) is -0.978. The molecular formula is C17H20N2O2S2. The van der Waals surface area contributed by atoms with Crippen molar-refractivity contribution < 1.29 is 9.00 Å². The van der Waals surface area contributed by atoms with E-state index in [4.69, 9.17) is 0 Å². The van der Waals surface area contributed by atoms with Crippen LogP contribution in [0.25, 0.3) is 0 Å². The van der Waals surface area contributed by atoms with E-state index in [0.29, 0.717) is 13.1 Å². The van der Waals surface area contributed by atoms with Crippen LogP contribution in [0, 0.1) is 0 Å². The van der Waals surface area contributed by atoms with Crippen LogP contribution in [0.1, 0.15) is 11.1 Å². The van der Waals surface area contributed by atoms with Crippen molar-refractivity contribution in [3.8, 4) is 0 Å². The number of carbonyl (C=O) groups is 1. The number of thioether (sulfide) groups is 1.